The minimum absolute atomic E-state index is 0.0409. The third-order valence-electron chi connectivity index (χ3n) is 3.28. The molecule has 0 unspecified atom stereocenters. The van der Waals surface area contributed by atoms with Crippen LogP contribution < -0.4 is 15.2 Å². The Morgan fingerprint density at radius 3 is 3.00 bits per heavy atom. The number of carbonyl (C=O) groups is 1. The molecule has 1 aromatic heterocycles. The number of H-pyrrole nitrogens is 1. The Balaban J connectivity index is 1.49. The number of amides is 1. The fraction of sp³-hybridized carbons (Fsp3) is 0.357. The number of aromatic amines is 1. The molecule has 23 heavy (non-hydrogen) atoms. The van der Waals surface area contributed by atoms with E-state index < -0.39 is 0 Å². The lowest BCUT2D eigenvalue weighted by molar-refractivity contribution is -0.128. The average Bonchev–Trinajstić information content (AvgIpc) is 2.98. The van der Waals surface area contributed by atoms with Crippen molar-refractivity contribution in [3.8, 4) is 11.5 Å². The van der Waals surface area contributed by atoms with Crippen molar-refractivity contribution in [3.63, 3.8) is 0 Å². The van der Waals surface area contributed by atoms with Gasteiger partial charge in [-0.1, -0.05) is 23.9 Å². The zero-order valence-corrected chi connectivity index (χ0v) is 13.4. The van der Waals surface area contributed by atoms with Crippen LogP contribution in [0.5, 0.6) is 11.5 Å². The molecule has 3 N–H and O–H groups in total. The molecule has 0 spiro atoms. The highest BCUT2D eigenvalue weighted by molar-refractivity contribution is 7.99. The second-order valence-corrected chi connectivity index (χ2v) is 6.01. The highest BCUT2D eigenvalue weighted by atomic mass is 32.2. The van der Waals surface area contributed by atoms with Gasteiger partial charge in [-0.15, -0.1) is 5.10 Å². The van der Waals surface area contributed by atoms with E-state index in [1.54, 1.807) is 11.9 Å². The first-order valence-electron chi connectivity index (χ1n) is 7.05. The number of benzene rings is 1. The lowest BCUT2D eigenvalue weighted by Crippen LogP contribution is -2.42. The van der Waals surface area contributed by atoms with Crippen LogP contribution in [0, 0.1) is 0 Å². The van der Waals surface area contributed by atoms with Crippen LogP contribution in [0.3, 0.4) is 0 Å². The smallest absolute Gasteiger partial charge is 0.232 e. The highest BCUT2D eigenvalue weighted by Gasteiger charge is 2.23. The van der Waals surface area contributed by atoms with Crippen molar-refractivity contribution >= 4 is 23.6 Å². The monoisotopic (exact) mass is 335 g/mol. The van der Waals surface area contributed by atoms with Gasteiger partial charge in [0.15, 0.2) is 17.6 Å². The molecule has 1 amide bonds. The van der Waals surface area contributed by atoms with Crippen LogP contribution >= 0.6 is 11.8 Å². The maximum absolute atomic E-state index is 12.2. The first kappa shape index (κ1) is 15.5. The predicted octanol–water partition coefficient (Wildman–Crippen LogP) is 0.777. The number of carbonyl (C=O) groups excluding carboxylic acids is 1. The SMILES string of the molecule is CN(C[C@H]1COc2ccccc2O1)C(=O)CSc1n[nH]c(N)n1. The van der Waals surface area contributed by atoms with Crippen LogP contribution in [0.2, 0.25) is 0 Å². The van der Waals surface area contributed by atoms with Gasteiger partial charge in [-0.05, 0) is 12.1 Å². The normalized spacial score (nSPS) is 16.1. The summed E-state index contributed by atoms with van der Waals surface area (Å²) in [5.41, 5.74) is 5.44. The summed E-state index contributed by atoms with van der Waals surface area (Å²) >= 11 is 1.23. The van der Waals surface area contributed by atoms with Gasteiger partial charge in [-0.2, -0.15) is 4.98 Å². The first-order chi connectivity index (χ1) is 11.1. The molecule has 0 bridgehead atoms. The Morgan fingerprint density at radius 1 is 1.48 bits per heavy atom. The molecule has 2 aromatic rings. The number of fused-ring (bicyclic) bond motifs is 1. The minimum Gasteiger partial charge on any atom is -0.486 e. The summed E-state index contributed by atoms with van der Waals surface area (Å²) in [6.45, 7) is 0.864. The molecule has 3 rings (SSSR count). The number of ether oxygens (including phenoxy) is 2. The van der Waals surface area contributed by atoms with Crippen LogP contribution in [0.15, 0.2) is 29.4 Å². The van der Waals surface area contributed by atoms with Crippen molar-refractivity contribution in [2.75, 3.05) is 31.7 Å². The van der Waals surface area contributed by atoms with Crippen molar-refractivity contribution in [2.45, 2.75) is 11.3 Å². The van der Waals surface area contributed by atoms with E-state index in [1.807, 2.05) is 24.3 Å². The van der Waals surface area contributed by atoms with Gasteiger partial charge in [0, 0.05) is 7.05 Å². The van der Waals surface area contributed by atoms with Crippen LogP contribution in [0.1, 0.15) is 0 Å². The number of nitrogens with one attached hydrogen (secondary N) is 1. The number of hydrogen-bond acceptors (Lipinski definition) is 7. The zero-order chi connectivity index (χ0) is 16.2. The van der Waals surface area contributed by atoms with Gasteiger partial charge in [0.2, 0.25) is 17.0 Å². The van der Waals surface area contributed by atoms with Gasteiger partial charge in [-0.25, -0.2) is 5.10 Å². The maximum atomic E-state index is 12.2. The van der Waals surface area contributed by atoms with Crippen molar-refractivity contribution in [1.29, 1.82) is 0 Å². The molecule has 9 heteroatoms. The third kappa shape index (κ3) is 3.86. The molecule has 1 atom stereocenters. The van der Waals surface area contributed by atoms with Crippen LogP contribution in [-0.4, -0.2) is 58.0 Å². The lowest BCUT2D eigenvalue weighted by atomic mass is 10.2. The van der Waals surface area contributed by atoms with Gasteiger partial charge in [0.1, 0.15) is 6.61 Å². The second kappa shape index (κ2) is 6.78. The summed E-state index contributed by atoms with van der Waals surface area (Å²) in [5, 5.41) is 6.86. The fourth-order valence-electron chi connectivity index (χ4n) is 2.12. The summed E-state index contributed by atoms with van der Waals surface area (Å²) in [7, 11) is 1.74. The standard InChI is InChI=1S/C14H17N5O3S/c1-19(12(20)8-23-14-16-13(15)17-18-14)6-9-7-21-10-4-2-3-5-11(10)22-9/h2-5,9H,6-8H2,1H3,(H3,15,16,17,18)/t9-/m0/s1. The molecule has 0 radical (unpaired) electrons. The molecule has 1 aliphatic heterocycles. The van der Waals surface area contributed by atoms with E-state index in [-0.39, 0.29) is 23.7 Å². The van der Waals surface area contributed by atoms with E-state index in [0.717, 1.165) is 5.75 Å². The number of para-hydroxylation sites is 2. The molecule has 0 aliphatic carbocycles. The van der Waals surface area contributed by atoms with Crippen molar-refractivity contribution in [3.05, 3.63) is 24.3 Å². The molecule has 2 heterocycles. The van der Waals surface area contributed by atoms with Gasteiger partial charge >= 0.3 is 0 Å². The molecular formula is C14H17N5O3S. The molecule has 8 nitrogen and oxygen atoms in total. The van der Waals surface area contributed by atoms with Gasteiger partial charge < -0.3 is 20.1 Å². The van der Waals surface area contributed by atoms with E-state index >= 15 is 0 Å². The molecule has 122 valence electrons. The highest BCUT2D eigenvalue weighted by Crippen LogP contribution is 2.31. The van der Waals surface area contributed by atoms with E-state index in [1.165, 1.54) is 11.8 Å². The van der Waals surface area contributed by atoms with Crippen LogP contribution in [-0.2, 0) is 4.79 Å². The number of nitrogens with two attached hydrogens (primary N) is 1. The number of thioether (sulfide) groups is 1. The maximum Gasteiger partial charge on any atom is 0.232 e. The number of likely N-dealkylation sites (N-methyl/N-ethyl adjacent to an activating group) is 1. The van der Waals surface area contributed by atoms with Crippen molar-refractivity contribution < 1.29 is 14.3 Å². The number of aromatic nitrogens is 3. The average molecular weight is 335 g/mol. The van der Waals surface area contributed by atoms with Crippen LogP contribution in [0.4, 0.5) is 5.95 Å². The summed E-state index contributed by atoms with van der Waals surface area (Å²) in [6, 6.07) is 7.50. The Bertz CT molecular complexity index is 693. The molecule has 0 fully saturated rings. The topological polar surface area (TPSA) is 106 Å². The summed E-state index contributed by atoms with van der Waals surface area (Å²) in [6.07, 6.45) is -0.192. The van der Waals surface area contributed by atoms with E-state index in [4.69, 9.17) is 15.2 Å². The molecule has 0 saturated carbocycles. The van der Waals surface area contributed by atoms with Crippen molar-refractivity contribution in [2.24, 2.45) is 0 Å². The number of rotatable bonds is 5. The molecular weight excluding hydrogens is 318 g/mol. The first-order valence-corrected chi connectivity index (χ1v) is 8.03. The zero-order valence-electron chi connectivity index (χ0n) is 12.6. The fourth-order valence-corrected chi connectivity index (χ4v) is 2.87. The Labute approximate surface area is 137 Å². The second-order valence-electron chi connectivity index (χ2n) is 5.06. The molecule has 1 aliphatic rings. The predicted molar refractivity (Wildman–Crippen MR) is 85.5 cm³/mol. The quantitative estimate of drug-likeness (QED) is 0.778. The Morgan fingerprint density at radius 2 is 2.26 bits per heavy atom. The summed E-state index contributed by atoms with van der Waals surface area (Å²) < 4.78 is 11.5. The number of anilines is 1. The third-order valence-corrected chi connectivity index (χ3v) is 4.11. The van der Waals surface area contributed by atoms with Crippen molar-refractivity contribution in [1.82, 2.24) is 20.1 Å². The number of hydrogen-bond donors (Lipinski definition) is 2. The molecule has 0 saturated heterocycles. The van der Waals surface area contributed by atoms with E-state index in [2.05, 4.69) is 15.2 Å². The van der Waals surface area contributed by atoms with E-state index in [9.17, 15) is 4.79 Å². The van der Waals surface area contributed by atoms with Gasteiger partial charge in [0.25, 0.3) is 0 Å². The Kier molecular flexibility index (Phi) is 4.56. The van der Waals surface area contributed by atoms with Gasteiger partial charge in [-0.3, -0.25) is 4.79 Å². The Hall–Kier alpha value is -2.42. The van der Waals surface area contributed by atoms with Crippen LogP contribution in [0.25, 0.3) is 0 Å². The molecule has 1 aromatic carbocycles. The lowest BCUT2D eigenvalue weighted by Gasteiger charge is -2.29. The van der Waals surface area contributed by atoms with E-state index in [0.29, 0.717) is 24.1 Å². The largest absolute Gasteiger partial charge is 0.486 e. The number of nitrogens with zero attached hydrogens (tertiary/aromatic N) is 3. The summed E-state index contributed by atoms with van der Waals surface area (Å²) in [4.78, 5) is 17.7. The minimum atomic E-state index is -0.192. The number of nitrogen functional groups attached to an aromatic ring is 1. The summed E-state index contributed by atoms with van der Waals surface area (Å²) in [5.74, 6) is 1.86. The van der Waals surface area contributed by atoms with Gasteiger partial charge in [0.05, 0.1) is 12.3 Å².